The van der Waals surface area contributed by atoms with E-state index in [1.165, 1.54) is 5.19 Å². The molecule has 13 heavy (non-hydrogen) atoms. The van der Waals surface area contributed by atoms with Crippen LogP contribution in [0.3, 0.4) is 0 Å². The largest absolute Gasteiger partial charge is 2.00 e. The third-order valence-corrected chi connectivity index (χ3v) is 4.21. The van der Waals surface area contributed by atoms with Gasteiger partial charge in [-0.2, -0.15) is 0 Å². The molecule has 0 amide bonds. The zero-order chi connectivity index (χ0) is 8.32. The molecule has 1 aromatic carbocycles. The predicted molar refractivity (Wildman–Crippen MR) is 56.4 cm³/mol. The molecule has 0 heterocycles. The van der Waals surface area contributed by atoms with Gasteiger partial charge in [0.2, 0.25) is 0 Å². The monoisotopic (exact) mass is 218 g/mol. The molecule has 0 bridgehead atoms. The Hall–Kier alpha value is 0.0531. The summed E-state index contributed by atoms with van der Waals surface area (Å²) < 4.78 is 0. The fraction of sp³-hybridized carbons (Fsp3) is 0.200. The first kappa shape index (κ1) is 15.5. The summed E-state index contributed by atoms with van der Waals surface area (Å²) in [6.45, 7) is 4.24. The molecule has 0 nitrogen and oxygen atoms in total. The van der Waals surface area contributed by atoms with Crippen molar-refractivity contribution in [3.05, 3.63) is 36.8 Å². The normalized spacial score (nSPS) is 9.00. The molecule has 0 aliphatic rings. The van der Waals surface area contributed by atoms with Gasteiger partial charge in [-0.1, -0.05) is 43.4 Å². The number of benzene rings is 1. The van der Waals surface area contributed by atoms with Crippen molar-refractivity contribution in [1.82, 2.24) is 0 Å². The van der Waals surface area contributed by atoms with E-state index in [4.69, 9.17) is 6.42 Å². The van der Waals surface area contributed by atoms with E-state index in [1.807, 2.05) is 18.2 Å². The smallest absolute Gasteiger partial charge is 1.00 e. The predicted octanol–water partition coefficient (Wildman–Crippen LogP) is -1.65. The van der Waals surface area contributed by atoms with Crippen LogP contribution in [0, 0.1) is 12.0 Å². The van der Waals surface area contributed by atoms with Crippen LogP contribution in [0.15, 0.2) is 30.3 Å². The van der Waals surface area contributed by atoms with Crippen molar-refractivity contribution < 1.29 is 12.4 Å². The van der Waals surface area contributed by atoms with Crippen LogP contribution in [-0.4, -0.2) is 31.1 Å². The van der Waals surface area contributed by atoms with Gasteiger partial charge in [0.1, 0.15) is 8.07 Å². The van der Waals surface area contributed by atoms with Crippen molar-refractivity contribution in [1.29, 1.82) is 0 Å². The van der Waals surface area contributed by atoms with Crippen LogP contribution < -0.4 is 17.6 Å². The van der Waals surface area contributed by atoms with E-state index in [2.05, 4.69) is 30.8 Å². The Balaban J connectivity index is 0. The van der Waals surface area contributed by atoms with Crippen molar-refractivity contribution in [2.75, 3.05) is 0 Å². The molecule has 0 atom stereocenters. The molecule has 0 spiro atoms. The van der Waals surface area contributed by atoms with E-state index >= 15 is 0 Å². The summed E-state index contributed by atoms with van der Waals surface area (Å²) in [5, 5.41) is 1.27. The molecule has 0 aliphatic heterocycles. The summed E-state index contributed by atoms with van der Waals surface area (Å²) in [4.78, 5) is 0. The van der Waals surface area contributed by atoms with Gasteiger partial charge in [0.15, 0.2) is 0 Å². The Morgan fingerprint density at radius 2 is 1.62 bits per heavy atom. The van der Waals surface area contributed by atoms with Gasteiger partial charge in [-0.25, -0.2) is 0 Å². The minimum Gasteiger partial charge on any atom is -1.00 e. The summed E-state index contributed by atoms with van der Waals surface area (Å²) in [7, 11) is -1.64. The summed E-state index contributed by atoms with van der Waals surface area (Å²) in [6, 6.07) is 10.2. The Bertz CT molecular complexity index is 277. The van der Waals surface area contributed by atoms with Crippen molar-refractivity contribution >= 4 is 36.3 Å². The maximum absolute atomic E-state index is 7.15. The van der Waals surface area contributed by atoms with Crippen molar-refractivity contribution in [3.8, 4) is 5.54 Å². The van der Waals surface area contributed by atoms with Gasteiger partial charge < -0.3 is 24.4 Å². The number of halogens is 1. The van der Waals surface area contributed by atoms with E-state index in [0.29, 0.717) is 0 Å². The van der Waals surface area contributed by atoms with Crippen molar-refractivity contribution in [3.63, 3.8) is 0 Å². The molecule has 0 saturated heterocycles. The van der Waals surface area contributed by atoms with E-state index in [-0.39, 0.29) is 35.5 Å². The van der Waals surface area contributed by atoms with Gasteiger partial charge in [0.05, 0.1) is 0 Å². The van der Waals surface area contributed by atoms with Crippen LogP contribution in [0.2, 0.25) is 13.1 Å². The van der Waals surface area contributed by atoms with Gasteiger partial charge >= 0.3 is 23.1 Å². The molecule has 0 N–H and O–H groups in total. The molecule has 0 radical (unpaired) electrons. The number of rotatable bonds is 1. The topological polar surface area (TPSA) is 0 Å². The van der Waals surface area contributed by atoms with Crippen LogP contribution >= 0.6 is 0 Å². The molecular formula is C10H11ClMgSi. The first-order valence-corrected chi connectivity index (χ1v) is 6.66. The minimum absolute atomic E-state index is 0. The van der Waals surface area contributed by atoms with E-state index < -0.39 is 8.07 Å². The van der Waals surface area contributed by atoms with E-state index in [1.54, 1.807) is 0 Å². The van der Waals surface area contributed by atoms with Gasteiger partial charge in [-0.3, -0.25) is 0 Å². The minimum atomic E-state index is -1.64. The molecule has 0 unspecified atom stereocenters. The quantitative estimate of drug-likeness (QED) is 0.302. The average Bonchev–Trinajstić information content (AvgIpc) is 2.06. The summed E-state index contributed by atoms with van der Waals surface area (Å²) in [5.74, 6) is 0. The van der Waals surface area contributed by atoms with Crippen LogP contribution in [0.25, 0.3) is 0 Å². The van der Waals surface area contributed by atoms with Crippen molar-refractivity contribution in [2.24, 2.45) is 0 Å². The van der Waals surface area contributed by atoms with Crippen LogP contribution in [-0.2, 0) is 0 Å². The van der Waals surface area contributed by atoms with Gasteiger partial charge in [-0.15, -0.1) is 0 Å². The molecule has 3 heteroatoms. The second-order valence-corrected chi connectivity index (χ2v) is 7.19. The summed E-state index contributed by atoms with van der Waals surface area (Å²) in [6.07, 6.45) is 7.15. The van der Waals surface area contributed by atoms with E-state index in [9.17, 15) is 0 Å². The zero-order valence-electron chi connectivity index (χ0n) is 7.97. The fourth-order valence-electron chi connectivity index (χ4n) is 0.927. The molecule has 0 aromatic heterocycles. The van der Waals surface area contributed by atoms with Crippen LogP contribution in [0.5, 0.6) is 0 Å². The van der Waals surface area contributed by atoms with Crippen molar-refractivity contribution in [2.45, 2.75) is 13.1 Å². The Kier molecular flexibility index (Phi) is 7.76. The summed E-state index contributed by atoms with van der Waals surface area (Å²) in [5.41, 5.74) is 2.65. The molecule has 1 aromatic rings. The standard InChI is InChI=1S/C10H11Si.ClH.Mg/c1-4-11(2,3)10-8-6-5-7-9-10;;/h5-9H,2-3H3;1H;/q-1;;+2/p-1. The third-order valence-electron chi connectivity index (χ3n) is 1.81. The first-order chi connectivity index (χ1) is 5.17. The molecule has 0 aliphatic carbocycles. The Morgan fingerprint density at radius 3 is 2.00 bits per heavy atom. The fourth-order valence-corrected chi connectivity index (χ4v) is 2.10. The SMILES string of the molecule is [C-]#C[Si](C)(C)c1ccccc1.[Cl-].[Mg+2]. The zero-order valence-corrected chi connectivity index (χ0v) is 11.1. The Morgan fingerprint density at radius 1 is 1.15 bits per heavy atom. The molecule has 0 saturated carbocycles. The maximum Gasteiger partial charge on any atom is 2.00 e. The second kappa shape index (κ2) is 6.50. The molecule has 1 rings (SSSR count). The third kappa shape index (κ3) is 4.19. The van der Waals surface area contributed by atoms with E-state index in [0.717, 1.165) is 0 Å². The van der Waals surface area contributed by atoms with Gasteiger partial charge in [0.25, 0.3) is 0 Å². The molecule has 64 valence electrons. The second-order valence-electron chi connectivity index (χ2n) is 3.12. The average molecular weight is 219 g/mol. The first-order valence-electron chi connectivity index (χ1n) is 3.66. The maximum atomic E-state index is 7.15. The van der Waals surface area contributed by atoms with Gasteiger partial charge in [0, 0.05) is 0 Å². The Labute approximate surface area is 104 Å². The molecular weight excluding hydrogens is 208 g/mol. The number of hydrogen-bond donors (Lipinski definition) is 0. The van der Waals surface area contributed by atoms with Crippen LogP contribution in [0.4, 0.5) is 0 Å². The van der Waals surface area contributed by atoms with Crippen LogP contribution in [0.1, 0.15) is 0 Å². The van der Waals surface area contributed by atoms with Gasteiger partial charge in [-0.05, 0) is 5.19 Å². The number of hydrogen-bond acceptors (Lipinski definition) is 0. The summed E-state index contributed by atoms with van der Waals surface area (Å²) >= 11 is 0. The molecule has 0 fully saturated rings.